The van der Waals surface area contributed by atoms with Gasteiger partial charge in [-0.2, -0.15) is 23.0 Å². The van der Waals surface area contributed by atoms with Crippen molar-refractivity contribution in [3.63, 3.8) is 0 Å². The molecule has 1 N–H and O–H groups in total. The number of halogens is 5. The highest BCUT2D eigenvalue weighted by atomic mass is 35.5. The van der Waals surface area contributed by atoms with E-state index in [1.54, 1.807) is 4.90 Å². The van der Waals surface area contributed by atoms with Crippen LogP contribution in [0.5, 0.6) is 0 Å². The van der Waals surface area contributed by atoms with Gasteiger partial charge < -0.3 is 14.9 Å². The van der Waals surface area contributed by atoms with Gasteiger partial charge in [0.05, 0.1) is 33.0 Å². The van der Waals surface area contributed by atoms with Gasteiger partial charge in [-0.15, -0.1) is 0 Å². The van der Waals surface area contributed by atoms with E-state index in [0.717, 1.165) is 10.7 Å². The lowest BCUT2D eigenvalue weighted by Crippen LogP contribution is -2.60. The second-order valence-electron chi connectivity index (χ2n) is 12.0. The molecule has 232 valence electrons. The lowest BCUT2D eigenvalue weighted by atomic mass is 9.84. The van der Waals surface area contributed by atoms with Crippen molar-refractivity contribution in [3.05, 3.63) is 75.2 Å². The number of benzene rings is 2. The van der Waals surface area contributed by atoms with Crippen molar-refractivity contribution in [1.82, 2.24) is 19.6 Å². The molecule has 44 heavy (non-hydrogen) atoms. The summed E-state index contributed by atoms with van der Waals surface area (Å²) in [5.41, 5.74) is -2.31. The fourth-order valence-corrected chi connectivity index (χ4v) is 6.60. The molecule has 1 saturated heterocycles. The molecular weight excluding hydrogens is 604 g/mol. The molecule has 1 atom stereocenters. The summed E-state index contributed by atoms with van der Waals surface area (Å²) in [6.07, 6.45) is -4.29. The van der Waals surface area contributed by atoms with E-state index in [1.165, 1.54) is 30.3 Å². The Bertz CT molecular complexity index is 1690. The summed E-state index contributed by atoms with van der Waals surface area (Å²) in [6.45, 7) is 1.12. The van der Waals surface area contributed by atoms with Gasteiger partial charge in [-0.05, 0) is 69.6 Å². The molecular formula is C31H29ClF4N4O4. The average Bonchev–Trinajstić information content (AvgIpc) is 3.67. The van der Waals surface area contributed by atoms with Crippen LogP contribution in [0.25, 0.3) is 11.3 Å². The number of carboxylic acid groups (broad SMARTS) is 1. The Hall–Kier alpha value is -3.77. The second kappa shape index (κ2) is 10.7. The molecule has 0 spiro atoms. The number of nitrogens with zero attached hydrogens (tertiary/aromatic N) is 4. The summed E-state index contributed by atoms with van der Waals surface area (Å²) in [5.74, 6) is -3.73. The number of carbonyl (C=O) groups excluding carboxylic acids is 2. The average molecular weight is 633 g/mol. The SMILES string of the molecule is CN(C)C1CN(C(=O)[C@H]2CCc3c(-c4ccc(C(=O)O)cc4F)nn(C(=O)c4c(Cl)cccc4C4(C(F)(F)F)CC4)c3C2)C1. The summed E-state index contributed by atoms with van der Waals surface area (Å²) in [4.78, 5) is 42.8. The smallest absolute Gasteiger partial charge is 0.398 e. The van der Waals surface area contributed by atoms with E-state index < -0.39 is 35.2 Å². The lowest BCUT2D eigenvalue weighted by Gasteiger charge is -2.44. The molecule has 13 heteroatoms. The van der Waals surface area contributed by atoms with Crippen LogP contribution < -0.4 is 0 Å². The Morgan fingerprint density at radius 3 is 2.41 bits per heavy atom. The maximum atomic E-state index is 15.3. The van der Waals surface area contributed by atoms with Crippen molar-refractivity contribution in [3.8, 4) is 11.3 Å². The largest absolute Gasteiger partial charge is 0.478 e. The highest BCUT2D eigenvalue weighted by molar-refractivity contribution is 6.34. The van der Waals surface area contributed by atoms with E-state index in [2.05, 4.69) is 5.10 Å². The molecule has 1 aromatic heterocycles. The third kappa shape index (κ3) is 4.88. The van der Waals surface area contributed by atoms with E-state index >= 15 is 4.39 Å². The summed E-state index contributed by atoms with van der Waals surface area (Å²) >= 11 is 6.41. The minimum absolute atomic E-state index is 0.0625. The molecule has 2 aliphatic carbocycles. The van der Waals surface area contributed by atoms with Crippen molar-refractivity contribution in [2.45, 2.75) is 49.7 Å². The first-order chi connectivity index (χ1) is 20.7. The quantitative estimate of drug-likeness (QED) is 0.376. The number of rotatable bonds is 6. The number of amides is 1. The molecule has 1 aliphatic heterocycles. The molecule has 6 rings (SSSR count). The Balaban J connectivity index is 1.45. The number of likely N-dealkylation sites (N-methyl/N-ethyl adjacent to an activating group) is 1. The minimum Gasteiger partial charge on any atom is -0.478 e. The number of hydrogen-bond acceptors (Lipinski definition) is 5. The van der Waals surface area contributed by atoms with Crippen molar-refractivity contribution < 1.29 is 37.1 Å². The van der Waals surface area contributed by atoms with Crippen molar-refractivity contribution in [1.29, 1.82) is 0 Å². The van der Waals surface area contributed by atoms with Crippen molar-refractivity contribution in [2.75, 3.05) is 27.2 Å². The van der Waals surface area contributed by atoms with Crippen LogP contribution in [0.15, 0.2) is 36.4 Å². The lowest BCUT2D eigenvalue weighted by molar-refractivity contribution is -0.160. The van der Waals surface area contributed by atoms with Gasteiger partial charge in [-0.3, -0.25) is 9.59 Å². The molecule has 1 saturated carbocycles. The summed E-state index contributed by atoms with van der Waals surface area (Å²) in [7, 11) is 3.86. The standard InChI is InChI=1S/C31H29ClF4N4O4/c1-38(2)18-14-39(15-18)27(41)16-6-9-20-24(13-16)40(37-26(20)19-8-7-17(29(43)44)12-23(19)33)28(42)25-21(4-3-5-22(25)32)30(10-11-30)31(34,35)36/h3-5,7-8,12,16,18H,6,9-11,13-15H2,1-2H3,(H,43,44)/t16-/m0/s1. The number of carboxylic acids is 1. The van der Waals surface area contributed by atoms with Gasteiger partial charge in [-0.25, -0.2) is 9.18 Å². The summed E-state index contributed by atoms with van der Waals surface area (Å²) in [5, 5.41) is 13.5. The van der Waals surface area contributed by atoms with E-state index in [-0.39, 0.29) is 70.6 Å². The van der Waals surface area contributed by atoms with E-state index in [0.29, 0.717) is 30.8 Å². The minimum atomic E-state index is -4.62. The van der Waals surface area contributed by atoms with E-state index in [1.807, 2.05) is 19.0 Å². The van der Waals surface area contributed by atoms with Gasteiger partial charge >= 0.3 is 12.1 Å². The van der Waals surface area contributed by atoms with Crippen molar-refractivity contribution in [2.24, 2.45) is 5.92 Å². The molecule has 8 nitrogen and oxygen atoms in total. The Morgan fingerprint density at radius 2 is 1.82 bits per heavy atom. The van der Waals surface area contributed by atoms with Crippen LogP contribution in [0.1, 0.15) is 56.8 Å². The summed E-state index contributed by atoms with van der Waals surface area (Å²) < 4.78 is 58.9. The zero-order chi connectivity index (χ0) is 31.7. The van der Waals surface area contributed by atoms with Gasteiger partial charge in [0.25, 0.3) is 5.91 Å². The molecule has 0 bridgehead atoms. The molecule has 3 aromatic rings. The zero-order valence-corrected chi connectivity index (χ0v) is 24.7. The molecule has 3 aliphatic rings. The molecule has 0 unspecified atom stereocenters. The third-order valence-corrected chi connectivity index (χ3v) is 9.54. The van der Waals surface area contributed by atoms with Gasteiger partial charge in [0.1, 0.15) is 5.82 Å². The normalized spacial score (nSPS) is 19.5. The monoisotopic (exact) mass is 632 g/mol. The number of fused-ring (bicyclic) bond motifs is 1. The van der Waals surface area contributed by atoms with Crippen molar-refractivity contribution >= 4 is 29.4 Å². The Kier molecular flexibility index (Phi) is 7.35. The number of alkyl halides is 3. The van der Waals surface area contributed by atoms with Gasteiger partial charge in [0, 0.05) is 42.6 Å². The van der Waals surface area contributed by atoms with E-state index in [4.69, 9.17) is 11.6 Å². The van der Waals surface area contributed by atoms with Gasteiger partial charge in [0.2, 0.25) is 5.91 Å². The van der Waals surface area contributed by atoms with Crippen LogP contribution in [-0.4, -0.2) is 81.9 Å². The number of carbonyl (C=O) groups is 3. The van der Waals surface area contributed by atoms with Crippen LogP contribution >= 0.6 is 11.6 Å². The number of likely N-dealkylation sites (tertiary alicyclic amines) is 1. The second-order valence-corrected chi connectivity index (χ2v) is 12.4. The first kappa shape index (κ1) is 30.3. The third-order valence-electron chi connectivity index (χ3n) is 9.23. The Labute approximate surface area is 255 Å². The van der Waals surface area contributed by atoms with Gasteiger partial charge in [0.15, 0.2) is 0 Å². The van der Waals surface area contributed by atoms with Crippen LogP contribution in [0.3, 0.4) is 0 Å². The molecule has 1 amide bonds. The number of hydrogen-bond donors (Lipinski definition) is 1. The van der Waals surface area contributed by atoms with Crippen LogP contribution in [0.2, 0.25) is 5.02 Å². The molecule has 2 aromatic carbocycles. The summed E-state index contributed by atoms with van der Waals surface area (Å²) in [6, 6.07) is 7.49. The number of aromatic carboxylic acids is 1. The van der Waals surface area contributed by atoms with Crippen LogP contribution in [0, 0.1) is 11.7 Å². The fourth-order valence-electron chi connectivity index (χ4n) is 6.34. The molecule has 2 fully saturated rings. The predicted octanol–water partition coefficient (Wildman–Crippen LogP) is 5.20. The maximum absolute atomic E-state index is 15.3. The zero-order valence-electron chi connectivity index (χ0n) is 23.9. The highest BCUT2D eigenvalue weighted by Crippen LogP contribution is 2.60. The fraction of sp³-hybridized carbons (Fsp3) is 0.419. The van der Waals surface area contributed by atoms with E-state index in [9.17, 15) is 32.7 Å². The highest BCUT2D eigenvalue weighted by Gasteiger charge is 2.65. The first-order valence-electron chi connectivity index (χ1n) is 14.2. The number of aromatic nitrogens is 2. The molecule has 2 heterocycles. The maximum Gasteiger partial charge on any atom is 0.398 e. The van der Waals surface area contributed by atoms with Crippen LogP contribution in [-0.2, 0) is 23.1 Å². The van der Waals surface area contributed by atoms with Gasteiger partial charge in [-0.1, -0.05) is 23.7 Å². The molecule has 0 radical (unpaired) electrons. The van der Waals surface area contributed by atoms with Crippen LogP contribution in [0.4, 0.5) is 17.6 Å². The predicted molar refractivity (Wildman–Crippen MR) is 152 cm³/mol. The first-order valence-corrected chi connectivity index (χ1v) is 14.6. The Morgan fingerprint density at radius 1 is 1.11 bits per heavy atom. The topological polar surface area (TPSA) is 95.7 Å².